The van der Waals surface area contributed by atoms with Crippen LogP contribution in [0.5, 0.6) is 0 Å². The first-order valence-corrected chi connectivity index (χ1v) is 11.2. The topological polar surface area (TPSA) is 80.2 Å². The first-order valence-electron chi connectivity index (χ1n) is 9.73. The molecule has 0 aliphatic heterocycles. The summed E-state index contributed by atoms with van der Waals surface area (Å²) in [5.74, 6) is 0. The second-order valence-electron chi connectivity index (χ2n) is 7.45. The summed E-state index contributed by atoms with van der Waals surface area (Å²) in [6.45, 7) is 2.07. The molecule has 0 aliphatic carbocycles. The van der Waals surface area contributed by atoms with Crippen LogP contribution in [0.1, 0.15) is 5.56 Å². The Morgan fingerprint density at radius 3 is 1.81 bits per heavy atom. The quantitative estimate of drug-likeness (QED) is 0.297. The van der Waals surface area contributed by atoms with Crippen molar-refractivity contribution in [3.63, 3.8) is 0 Å². The average molecular weight is 426 g/mol. The Balaban J connectivity index is 1.77. The molecule has 0 saturated carbocycles. The van der Waals surface area contributed by atoms with E-state index in [-0.39, 0.29) is 4.90 Å². The highest BCUT2D eigenvalue weighted by Crippen LogP contribution is 2.35. The predicted octanol–water partition coefficient (Wildman–Crippen LogP) is 5.67. The van der Waals surface area contributed by atoms with Crippen molar-refractivity contribution in [1.82, 2.24) is 9.97 Å². The molecule has 3 aromatic carbocycles. The Bertz CT molecular complexity index is 1580. The van der Waals surface area contributed by atoms with Gasteiger partial charge >= 0.3 is 0 Å². The molecule has 0 aliphatic rings. The zero-order valence-electron chi connectivity index (χ0n) is 16.6. The first-order chi connectivity index (χ1) is 14.9. The molecule has 0 bridgehead atoms. The van der Waals surface area contributed by atoms with E-state index in [1.807, 2.05) is 36.4 Å². The zero-order chi connectivity index (χ0) is 21.6. The van der Waals surface area contributed by atoms with Crippen LogP contribution in [0.25, 0.3) is 44.1 Å². The number of nitrogens with zero attached hydrogens (tertiary/aromatic N) is 2. The molecule has 152 valence electrons. The highest BCUT2D eigenvalue weighted by Gasteiger charge is 2.14. The molecule has 0 amide bonds. The van der Waals surface area contributed by atoms with Crippen molar-refractivity contribution in [3.05, 3.63) is 90.8 Å². The predicted molar refractivity (Wildman–Crippen MR) is 122 cm³/mol. The van der Waals surface area contributed by atoms with Gasteiger partial charge < -0.3 is 0 Å². The van der Waals surface area contributed by atoms with Gasteiger partial charge in [-0.25, -0.2) is 0 Å². The molecule has 0 atom stereocenters. The van der Waals surface area contributed by atoms with Gasteiger partial charge in [0.05, 0.1) is 15.9 Å². The number of aryl methyl sites for hydroxylation is 1. The lowest BCUT2D eigenvalue weighted by atomic mass is 9.96. The van der Waals surface area contributed by atoms with Crippen molar-refractivity contribution >= 4 is 31.9 Å². The molecular weight excluding hydrogens is 408 g/mol. The summed E-state index contributed by atoms with van der Waals surface area (Å²) in [5, 5.41) is 1.85. The molecule has 0 radical (unpaired) electrons. The van der Waals surface area contributed by atoms with Crippen LogP contribution in [0.15, 0.2) is 90.1 Å². The minimum Gasteiger partial charge on any atom is -0.282 e. The van der Waals surface area contributed by atoms with Gasteiger partial charge in [-0.1, -0.05) is 54.1 Å². The van der Waals surface area contributed by atoms with Gasteiger partial charge in [0.15, 0.2) is 0 Å². The van der Waals surface area contributed by atoms with Gasteiger partial charge in [-0.3, -0.25) is 14.5 Å². The maximum atomic E-state index is 11.6. The molecular formula is C25H18N2O3S. The van der Waals surface area contributed by atoms with Crippen LogP contribution in [-0.2, 0) is 10.1 Å². The Hall–Kier alpha value is -3.61. The summed E-state index contributed by atoms with van der Waals surface area (Å²) in [6, 6.07) is 22.4. The van der Waals surface area contributed by atoms with Gasteiger partial charge in [0, 0.05) is 23.2 Å². The van der Waals surface area contributed by atoms with E-state index in [0.29, 0.717) is 5.56 Å². The van der Waals surface area contributed by atoms with Gasteiger partial charge in [-0.05, 0) is 53.4 Å². The third kappa shape index (κ3) is 3.46. The molecule has 5 nitrogen and oxygen atoms in total. The summed E-state index contributed by atoms with van der Waals surface area (Å²) in [4.78, 5) is 9.06. The van der Waals surface area contributed by atoms with Crippen LogP contribution in [0, 0.1) is 6.92 Å². The van der Waals surface area contributed by atoms with Crippen molar-refractivity contribution < 1.29 is 13.0 Å². The van der Waals surface area contributed by atoms with Crippen LogP contribution in [0.2, 0.25) is 0 Å². The Kier molecular flexibility index (Phi) is 4.54. The van der Waals surface area contributed by atoms with Crippen molar-refractivity contribution in [1.29, 1.82) is 0 Å². The van der Waals surface area contributed by atoms with Gasteiger partial charge in [0.25, 0.3) is 10.1 Å². The fourth-order valence-electron chi connectivity index (χ4n) is 3.97. The molecule has 2 aromatic heterocycles. The monoisotopic (exact) mass is 426 g/mol. The van der Waals surface area contributed by atoms with Crippen LogP contribution in [0.3, 0.4) is 0 Å². The number of aromatic nitrogens is 2. The van der Waals surface area contributed by atoms with Gasteiger partial charge in [-0.15, -0.1) is 0 Å². The second kappa shape index (κ2) is 7.27. The van der Waals surface area contributed by atoms with Crippen LogP contribution < -0.4 is 0 Å². The number of hydrogen-bond donors (Lipinski definition) is 1. The van der Waals surface area contributed by atoms with Crippen molar-refractivity contribution in [2.24, 2.45) is 0 Å². The summed E-state index contributed by atoms with van der Waals surface area (Å²) in [6.07, 6.45) is 3.48. The smallest absolute Gasteiger partial charge is 0.282 e. The lowest BCUT2D eigenvalue weighted by molar-refractivity contribution is 0.483. The number of fused-ring (bicyclic) bond motifs is 3. The van der Waals surface area contributed by atoms with E-state index in [0.717, 1.165) is 38.5 Å². The zero-order valence-corrected chi connectivity index (χ0v) is 17.5. The van der Waals surface area contributed by atoms with E-state index in [1.54, 1.807) is 18.5 Å². The van der Waals surface area contributed by atoms with E-state index in [9.17, 15) is 13.0 Å². The highest BCUT2D eigenvalue weighted by atomic mass is 32.2. The highest BCUT2D eigenvalue weighted by molar-refractivity contribution is 7.85. The molecule has 0 fully saturated rings. The van der Waals surface area contributed by atoms with E-state index in [2.05, 4.69) is 35.1 Å². The fraction of sp³-hybridized carbons (Fsp3) is 0.0400. The summed E-state index contributed by atoms with van der Waals surface area (Å²) in [7, 11) is -4.29. The van der Waals surface area contributed by atoms with E-state index >= 15 is 0 Å². The van der Waals surface area contributed by atoms with Gasteiger partial charge in [0.2, 0.25) is 0 Å². The van der Waals surface area contributed by atoms with Crippen LogP contribution >= 0.6 is 0 Å². The van der Waals surface area contributed by atoms with Crippen LogP contribution in [-0.4, -0.2) is 22.9 Å². The summed E-state index contributed by atoms with van der Waals surface area (Å²) >= 11 is 0. The van der Waals surface area contributed by atoms with E-state index in [4.69, 9.17) is 0 Å². The first kappa shape index (κ1) is 19.4. The number of hydrogen-bond acceptors (Lipinski definition) is 4. The molecule has 31 heavy (non-hydrogen) atoms. The second-order valence-corrected chi connectivity index (χ2v) is 8.87. The number of rotatable bonds is 3. The summed E-state index contributed by atoms with van der Waals surface area (Å²) in [5.41, 5.74) is 6.39. The molecule has 0 unspecified atom stereocenters. The number of pyridine rings is 2. The standard InChI is InChI=1S/C25H18N2O3S/c1-16-4-2-5-17(14-16)20-10-12-26-24-22(20)8-9-23-21(11-13-27-25(23)24)18-6-3-7-19(15-18)31(28,29)30/h2-15H,1H3,(H,28,29,30). The summed E-state index contributed by atoms with van der Waals surface area (Å²) < 4.78 is 32.6. The van der Waals surface area contributed by atoms with Crippen LogP contribution in [0.4, 0.5) is 0 Å². The minimum absolute atomic E-state index is 0.143. The minimum atomic E-state index is -4.29. The van der Waals surface area contributed by atoms with Crippen molar-refractivity contribution in [2.75, 3.05) is 0 Å². The maximum Gasteiger partial charge on any atom is 0.294 e. The fourth-order valence-corrected chi connectivity index (χ4v) is 4.49. The molecule has 0 saturated heterocycles. The third-order valence-electron chi connectivity index (χ3n) is 5.39. The largest absolute Gasteiger partial charge is 0.294 e. The third-order valence-corrected chi connectivity index (χ3v) is 6.24. The van der Waals surface area contributed by atoms with Gasteiger partial charge in [0.1, 0.15) is 0 Å². The Morgan fingerprint density at radius 1 is 0.710 bits per heavy atom. The molecule has 1 N–H and O–H groups in total. The lowest BCUT2D eigenvalue weighted by Gasteiger charge is -2.12. The average Bonchev–Trinajstić information content (AvgIpc) is 2.77. The lowest BCUT2D eigenvalue weighted by Crippen LogP contribution is -1.98. The Morgan fingerprint density at radius 2 is 1.26 bits per heavy atom. The van der Waals surface area contributed by atoms with Gasteiger partial charge in [-0.2, -0.15) is 8.42 Å². The number of benzene rings is 3. The molecule has 5 rings (SSSR count). The molecule has 5 aromatic rings. The van der Waals surface area contributed by atoms with E-state index in [1.165, 1.54) is 17.7 Å². The normalized spacial score (nSPS) is 11.8. The molecule has 2 heterocycles. The maximum absolute atomic E-state index is 11.6. The van der Waals surface area contributed by atoms with Crippen molar-refractivity contribution in [2.45, 2.75) is 11.8 Å². The Labute approximate surface area is 179 Å². The SMILES string of the molecule is Cc1cccc(-c2ccnc3c2ccc2c(-c4cccc(S(=O)(=O)O)c4)ccnc23)c1. The van der Waals surface area contributed by atoms with Crippen molar-refractivity contribution in [3.8, 4) is 22.3 Å². The molecule has 6 heteroatoms. The molecule has 0 spiro atoms. The van der Waals surface area contributed by atoms with E-state index < -0.39 is 10.1 Å².